The van der Waals surface area contributed by atoms with Crippen LogP contribution < -0.4 is 5.73 Å². The van der Waals surface area contributed by atoms with Crippen molar-refractivity contribution in [2.24, 2.45) is 5.73 Å². The van der Waals surface area contributed by atoms with Gasteiger partial charge in [0.2, 0.25) is 0 Å². The molecule has 0 heterocycles. The Labute approximate surface area is 101 Å². The van der Waals surface area contributed by atoms with E-state index in [0.29, 0.717) is 0 Å². The topological polar surface area (TPSA) is 69.2 Å². The molecule has 0 unspecified atom stereocenters. The molecule has 1 aromatic carbocycles. The number of non-ortho nitro benzene ring substituents is 1. The second kappa shape index (κ2) is 7.19. The molecule has 0 saturated heterocycles. The molecule has 0 aromatic heterocycles. The number of nitro groups is 1. The molecule has 1 aromatic rings. The van der Waals surface area contributed by atoms with E-state index in [1.54, 1.807) is 12.1 Å². The molecular formula is C11H17ClN2O2. The van der Waals surface area contributed by atoms with E-state index in [1.807, 2.05) is 6.07 Å². The second-order valence-corrected chi connectivity index (χ2v) is 3.60. The molecule has 90 valence electrons. The van der Waals surface area contributed by atoms with Gasteiger partial charge in [-0.25, -0.2) is 0 Å². The van der Waals surface area contributed by atoms with E-state index >= 15 is 0 Å². The van der Waals surface area contributed by atoms with Gasteiger partial charge in [0.15, 0.2) is 0 Å². The summed E-state index contributed by atoms with van der Waals surface area (Å²) >= 11 is 0. The summed E-state index contributed by atoms with van der Waals surface area (Å²) in [5.41, 5.74) is 6.88. The van der Waals surface area contributed by atoms with Crippen molar-refractivity contribution in [3.05, 3.63) is 39.9 Å². The third-order valence-electron chi connectivity index (χ3n) is 2.38. The molecule has 0 fully saturated rings. The first-order valence-electron chi connectivity index (χ1n) is 5.15. The Hall–Kier alpha value is -1.13. The molecule has 1 atom stereocenters. The van der Waals surface area contributed by atoms with Gasteiger partial charge in [0.25, 0.3) is 5.69 Å². The maximum absolute atomic E-state index is 10.6. The molecule has 1 rings (SSSR count). The van der Waals surface area contributed by atoms with Gasteiger partial charge in [-0.1, -0.05) is 31.9 Å². The molecule has 0 aliphatic heterocycles. The van der Waals surface area contributed by atoms with Gasteiger partial charge in [-0.05, 0) is 12.0 Å². The molecule has 0 bridgehead atoms. The summed E-state index contributed by atoms with van der Waals surface area (Å²) in [5, 5.41) is 10.6. The van der Waals surface area contributed by atoms with Crippen LogP contribution in [0, 0.1) is 10.1 Å². The van der Waals surface area contributed by atoms with Gasteiger partial charge in [-0.3, -0.25) is 10.1 Å². The lowest BCUT2D eigenvalue weighted by Gasteiger charge is -2.10. The summed E-state index contributed by atoms with van der Waals surface area (Å²) in [6, 6.07) is 6.47. The minimum atomic E-state index is -0.393. The lowest BCUT2D eigenvalue weighted by Crippen LogP contribution is -2.10. The highest BCUT2D eigenvalue weighted by Gasteiger charge is 2.10. The Kier molecular flexibility index (Phi) is 6.69. The number of nitro benzene ring substituents is 1. The van der Waals surface area contributed by atoms with Crippen LogP contribution in [0.3, 0.4) is 0 Å². The number of nitrogens with two attached hydrogens (primary N) is 1. The summed E-state index contributed by atoms with van der Waals surface area (Å²) in [5.74, 6) is 0. The van der Waals surface area contributed by atoms with E-state index in [2.05, 4.69) is 6.92 Å². The largest absolute Gasteiger partial charge is 0.324 e. The Balaban J connectivity index is 0.00000225. The van der Waals surface area contributed by atoms with Gasteiger partial charge in [0.1, 0.15) is 0 Å². The van der Waals surface area contributed by atoms with Crippen molar-refractivity contribution < 1.29 is 4.92 Å². The highest BCUT2D eigenvalue weighted by Crippen LogP contribution is 2.21. The SMILES string of the molecule is CCCC[C@@H](N)c1cccc([N+](=O)[O-])c1.Cl. The molecule has 0 aliphatic rings. The summed E-state index contributed by atoms with van der Waals surface area (Å²) in [6.07, 6.45) is 3.00. The third kappa shape index (κ3) is 4.16. The highest BCUT2D eigenvalue weighted by atomic mass is 35.5. The van der Waals surface area contributed by atoms with Crippen LogP contribution in [0.2, 0.25) is 0 Å². The summed E-state index contributed by atoms with van der Waals surface area (Å²) in [7, 11) is 0. The van der Waals surface area contributed by atoms with Gasteiger partial charge in [-0.2, -0.15) is 0 Å². The lowest BCUT2D eigenvalue weighted by atomic mass is 10.0. The number of unbranched alkanes of at least 4 members (excludes halogenated alkanes) is 1. The van der Waals surface area contributed by atoms with E-state index in [4.69, 9.17) is 5.73 Å². The van der Waals surface area contributed by atoms with Crippen molar-refractivity contribution in [2.75, 3.05) is 0 Å². The zero-order valence-corrected chi connectivity index (χ0v) is 10.1. The van der Waals surface area contributed by atoms with Gasteiger partial charge in [-0.15, -0.1) is 12.4 Å². The molecule has 16 heavy (non-hydrogen) atoms. The monoisotopic (exact) mass is 244 g/mol. The number of halogens is 1. The van der Waals surface area contributed by atoms with E-state index in [1.165, 1.54) is 6.07 Å². The van der Waals surface area contributed by atoms with Crippen LogP contribution in [0.15, 0.2) is 24.3 Å². The number of hydrogen-bond acceptors (Lipinski definition) is 3. The number of hydrogen-bond donors (Lipinski definition) is 1. The van der Waals surface area contributed by atoms with Crippen LogP contribution in [0.1, 0.15) is 37.8 Å². The fourth-order valence-corrected chi connectivity index (χ4v) is 1.46. The number of nitrogens with zero attached hydrogens (tertiary/aromatic N) is 1. The zero-order valence-electron chi connectivity index (χ0n) is 9.26. The van der Waals surface area contributed by atoms with Crippen molar-refractivity contribution in [3.8, 4) is 0 Å². The smallest absolute Gasteiger partial charge is 0.269 e. The Morgan fingerprint density at radius 3 is 2.75 bits per heavy atom. The van der Waals surface area contributed by atoms with E-state index in [9.17, 15) is 10.1 Å². The summed E-state index contributed by atoms with van der Waals surface area (Å²) < 4.78 is 0. The second-order valence-electron chi connectivity index (χ2n) is 3.60. The quantitative estimate of drug-likeness (QED) is 0.639. The summed E-state index contributed by atoms with van der Waals surface area (Å²) in [6.45, 7) is 2.10. The maximum Gasteiger partial charge on any atom is 0.269 e. The Morgan fingerprint density at radius 1 is 1.50 bits per heavy atom. The normalized spacial score (nSPS) is 11.6. The molecule has 2 N–H and O–H groups in total. The lowest BCUT2D eigenvalue weighted by molar-refractivity contribution is -0.384. The summed E-state index contributed by atoms with van der Waals surface area (Å²) in [4.78, 5) is 10.2. The van der Waals surface area contributed by atoms with E-state index in [0.717, 1.165) is 24.8 Å². The Morgan fingerprint density at radius 2 is 2.19 bits per heavy atom. The van der Waals surface area contributed by atoms with Crippen LogP contribution in [0.5, 0.6) is 0 Å². The van der Waals surface area contributed by atoms with Crippen molar-refractivity contribution in [1.82, 2.24) is 0 Å². The van der Waals surface area contributed by atoms with Crippen LogP contribution >= 0.6 is 12.4 Å². The fraction of sp³-hybridized carbons (Fsp3) is 0.455. The number of rotatable bonds is 5. The van der Waals surface area contributed by atoms with Crippen molar-refractivity contribution in [3.63, 3.8) is 0 Å². The average Bonchev–Trinajstić information content (AvgIpc) is 2.26. The van der Waals surface area contributed by atoms with Crippen molar-refractivity contribution in [2.45, 2.75) is 32.2 Å². The van der Waals surface area contributed by atoms with Crippen molar-refractivity contribution >= 4 is 18.1 Å². The van der Waals surface area contributed by atoms with Gasteiger partial charge >= 0.3 is 0 Å². The Bertz CT molecular complexity index is 345. The molecule has 5 heteroatoms. The standard InChI is InChI=1S/C11H16N2O2.ClH/c1-2-3-7-11(12)9-5-4-6-10(8-9)13(14)15;/h4-6,8,11H,2-3,7,12H2,1H3;1H/t11-;/m1./s1. The van der Waals surface area contributed by atoms with Crippen LogP contribution in [-0.2, 0) is 0 Å². The molecule has 0 radical (unpaired) electrons. The van der Waals surface area contributed by atoms with E-state index < -0.39 is 4.92 Å². The van der Waals surface area contributed by atoms with Gasteiger partial charge < -0.3 is 5.73 Å². The molecule has 0 aliphatic carbocycles. The first kappa shape index (κ1) is 14.9. The van der Waals surface area contributed by atoms with Crippen LogP contribution in [0.4, 0.5) is 5.69 Å². The molecule has 0 spiro atoms. The molecule has 0 saturated carbocycles. The van der Waals surface area contributed by atoms with E-state index in [-0.39, 0.29) is 24.1 Å². The minimum absolute atomic E-state index is 0. The van der Waals surface area contributed by atoms with Crippen LogP contribution in [0.25, 0.3) is 0 Å². The molecular weight excluding hydrogens is 228 g/mol. The van der Waals surface area contributed by atoms with Gasteiger partial charge in [0, 0.05) is 18.2 Å². The first-order chi connectivity index (χ1) is 7.15. The first-order valence-corrected chi connectivity index (χ1v) is 5.15. The zero-order chi connectivity index (χ0) is 11.3. The van der Waals surface area contributed by atoms with Crippen molar-refractivity contribution in [1.29, 1.82) is 0 Å². The maximum atomic E-state index is 10.6. The fourth-order valence-electron chi connectivity index (χ4n) is 1.46. The molecule has 4 nitrogen and oxygen atoms in total. The predicted molar refractivity (Wildman–Crippen MR) is 66.8 cm³/mol. The highest BCUT2D eigenvalue weighted by molar-refractivity contribution is 5.85. The van der Waals surface area contributed by atoms with Crippen LogP contribution in [-0.4, -0.2) is 4.92 Å². The molecule has 0 amide bonds. The van der Waals surface area contributed by atoms with Gasteiger partial charge in [0.05, 0.1) is 4.92 Å². The number of benzene rings is 1. The average molecular weight is 245 g/mol. The predicted octanol–water partition coefficient (Wildman–Crippen LogP) is 3.21. The third-order valence-corrected chi connectivity index (χ3v) is 2.38. The minimum Gasteiger partial charge on any atom is -0.324 e.